The summed E-state index contributed by atoms with van der Waals surface area (Å²) < 4.78 is 70.1. The number of rotatable bonds is 4. The summed E-state index contributed by atoms with van der Waals surface area (Å²) in [6.07, 6.45) is -4.45. The molecule has 0 saturated carbocycles. The van der Waals surface area contributed by atoms with E-state index >= 15 is 0 Å². The Morgan fingerprint density at radius 1 is 1.27 bits per heavy atom. The monoisotopic (exact) mass is 324 g/mol. The van der Waals surface area contributed by atoms with Crippen LogP contribution in [0.15, 0.2) is 18.2 Å². The number of benzene rings is 1. The predicted octanol–water partition coefficient (Wildman–Crippen LogP) is 2.27. The van der Waals surface area contributed by atoms with Gasteiger partial charge in [-0.15, -0.1) is 0 Å². The molecule has 1 aliphatic rings. The first-order valence-electron chi connectivity index (χ1n) is 6.74. The van der Waals surface area contributed by atoms with E-state index in [2.05, 4.69) is 4.74 Å². The minimum absolute atomic E-state index is 0.0111. The van der Waals surface area contributed by atoms with Gasteiger partial charge in [0.05, 0.1) is 6.61 Å². The quantitative estimate of drug-likeness (QED) is 0.864. The molecule has 2 N–H and O–H groups in total. The van der Waals surface area contributed by atoms with Gasteiger partial charge < -0.3 is 10.5 Å². The second-order valence-electron chi connectivity index (χ2n) is 5.41. The molecule has 1 aromatic carbocycles. The summed E-state index contributed by atoms with van der Waals surface area (Å²) in [6, 6.07) is 0.940. The molecule has 1 aromatic rings. The molecular weight excluding hydrogens is 307 g/mol. The van der Waals surface area contributed by atoms with Crippen molar-refractivity contribution < 1.29 is 26.7 Å². The summed E-state index contributed by atoms with van der Waals surface area (Å²) >= 11 is 0. The molecule has 1 heterocycles. The number of nitrogens with two attached hydrogens (primary N) is 1. The molecule has 8 heteroatoms. The van der Waals surface area contributed by atoms with Crippen LogP contribution in [-0.2, 0) is 4.74 Å². The number of alkyl halides is 3. The van der Waals surface area contributed by atoms with Crippen LogP contribution < -0.4 is 5.73 Å². The Hall–Kier alpha value is -1.25. The number of likely N-dealkylation sites (tertiary alicyclic amines) is 1. The van der Waals surface area contributed by atoms with Crippen LogP contribution in [0.5, 0.6) is 0 Å². The largest absolute Gasteiger partial charge is 0.406 e. The van der Waals surface area contributed by atoms with E-state index in [0.717, 1.165) is 12.1 Å². The molecule has 22 heavy (non-hydrogen) atoms. The molecule has 0 aliphatic carbocycles. The molecule has 0 bridgehead atoms. The van der Waals surface area contributed by atoms with Gasteiger partial charge >= 0.3 is 6.18 Å². The maximum absolute atomic E-state index is 13.3. The van der Waals surface area contributed by atoms with Crippen molar-refractivity contribution in [3.63, 3.8) is 0 Å². The lowest BCUT2D eigenvalue weighted by Gasteiger charge is -2.29. The third-order valence-electron chi connectivity index (χ3n) is 3.91. The van der Waals surface area contributed by atoms with Crippen LogP contribution >= 0.6 is 0 Å². The smallest absolute Gasteiger partial charge is 0.383 e. The highest BCUT2D eigenvalue weighted by Gasteiger charge is 2.47. The molecule has 1 aliphatic heterocycles. The van der Waals surface area contributed by atoms with E-state index in [0.29, 0.717) is 5.56 Å². The molecule has 1 fully saturated rings. The fourth-order valence-corrected chi connectivity index (χ4v) is 2.78. The Morgan fingerprint density at radius 2 is 1.95 bits per heavy atom. The Labute approximate surface area is 124 Å². The average Bonchev–Trinajstić information content (AvgIpc) is 2.79. The summed E-state index contributed by atoms with van der Waals surface area (Å²) in [7, 11) is 1.20. The molecule has 0 amide bonds. The summed E-state index contributed by atoms with van der Waals surface area (Å²) in [5.74, 6) is -2.52. The van der Waals surface area contributed by atoms with Gasteiger partial charge in [-0.1, -0.05) is 6.07 Å². The van der Waals surface area contributed by atoms with Gasteiger partial charge in [-0.3, -0.25) is 4.90 Å². The van der Waals surface area contributed by atoms with E-state index in [-0.39, 0.29) is 13.1 Å². The van der Waals surface area contributed by atoms with Crippen molar-refractivity contribution in [2.24, 2.45) is 5.73 Å². The minimum Gasteiger partial charge on any atom is -0.383 e. The van der Waals surface area contributed by atoms with Gasteiger partial charge in [0.1, 0.15) is 6.04 Å². The molecule has 3 atom stereocenters. The predicted molar refractivity (Wildman–Crippen MR) is 70.4 cm³/mol. The van der Waals surface area contributed by atoms with Crippen molar-refractivity contribution in [1.82, 2.24) is 4.90 Å². The second-order valence-corrected chi connectivity index (χ2v) is 5.41. The van der Waals surface area contributed by atoms with E-state index in [9.17, 15) is 22.0 Å². The van der Waals surface area contributed by atoms with E-state index in [4.69, 9.17) is 5.73 Å². The van der Waals surface area contributed by atoms with Crippen LogP contribution in [0.1, 0.15) is 11.5 Å². The minimum atomic E-state index is -4.45. The molecule has 3 nitrogen and oxygen atoms in total. The number of nitrogens with zero attached hydrogens (tertiary/aromatic N) is 1. The average molecular weight is 324 g/mol. The maximum atomic E-state index is 13.3. The fourth-order valence-electron chi connectivity index (χ4n) is 2.78. The SMILES string of the molecule is COC[C@H](N1C[C@@H](N)[C@H](c2ccc(F)c(F)c2)C1)C(F)(F)F. The van der Waals surface area contributed by atoms with Gasteiger partial charge in [-0.05, 0) is 17.7 Å². The maximum Gasteiger partial charge on any atom is 0.406 e. The topological polar surface area (TPSA) is 38.5 Å². The molecular formula is C14H17F5N2O. The van der Waals surface area contributed by atoms with Gasteiger partial charge in [0.15, 0.2) is 11.6 Å². The standard InChI is InChI=1S/C14H17F5N2O/c1-22-7-13(14(17,18)19)21-5-9(12(20)6-21)8-2-3-10(15)11(16)4-8/h2-4,9,12-13H,5-7,20H2,1H3/t9-,12+,13-/m0/s1. The van der Waals surface area contributed by atoms with Crippen LogP contribution in [0.25, 0.3) is 0 Å². The summed E-state index contributed by atoms with van der Waals surface area (Å²) in [4.78, 5) is 1.18. The highest BCUT2D eigenvalue weighted by atomic mass is 19.4. The number of methoxy groups -OCH3 is 1. The van der Waals surface area contributed by atoms with E-state index in [1.807, 2.05) is 0 Å². The first kappa shape index (κ1) is 17.1. The van der Waals surface area contributed by atoms with Gasteiger partial charge in [-0.25, -0.2) is 8.78 Å². The van der Waals surface area contributed by atoms with Crippen LogP contribution in [0, 0.1) is 11.6 Å². The van der Waals surface area contributed by atoms with Crippen LogP contribution in [0.4, 0.5) is 22.0 Å². The van der Waals surface area contributed by atoms with Gasteiger partial charge in [0.25, 0.3) is 0 Å². The van der Waals surface area contributed by atoms with Gasteiger partial charge in [0, 0.05) is 32.2 Å². The molecule has 0 aromatic heterocycles. The summed E-state index contributed by atoms with van der Waals surface area (Å²) in [5, 5.41) is 0. The lowest BCUT2D eigenvalue weighted by Crippen LogP contribution is -2.48. The van der Waals surface area contributed by atoms with Crippen LogP contribution in [0.3, 0.4) is 0 Å². The zero-order chi connectivity index (χ0) is 16.5. The molecule has 1 saturated heterocycles. The number of ether oxygens (including phenoxy) is 1. The zero-order valence-corrected chi connectivity index (χ0v) is 11.9. The van der Waals surface area contributed by atoms with Crippen LogP contribution in [-0.4, -0.2) is 50.0 Å². The molecule has 124 valence electrons. The molecule has 0 unspecified atom stereocenters. The Morgan fingerprint density at radius 3 is 2.50 bits per heavy atom. The lowest BCUT2D eigenvalue weighted by molar-refractivity contribution is -0.192. The van der Waals surface area contributed by atoms with Crippen molar-refractivity contribution in [1.29, 1.82) is 0 Å². The Bertz CT molecular complexity index is 522. The van der Waals surface area contributed by atoms with Crippen molar-refractivity contribution in [2.75, 3.05) is 26.8 Å². The highest BCUT2D eigenvalue weighted by Crippen LogP contribution is 2.33. The van der Waals surface area contributed by atoms with Crippen LogP contribution in [0.2, 0.25) is 0 Å². The highest BCUT2D eigenvalue weighted by molar-refractivity contribution is 5.25. The summed E-state index contributed by atoms with van der Waals surface area (Å²) in [5.41, 5.74) is 6.30. The van der Waals surface area contributed by atoms with Crippen molar-refractivity contribution >= 4 is 0 Å². The number of hydrogen-bond acceptors (Lipinski definition) is 3. The zero-order valence-electron chi connectivity index (χ0n) is 11.9. The van der Waals surface area contributed by atoms with Crippen molar-refractivity contribution in [3.8, 4) is 0 Å². The lowest BCUT2D eigenvalue weighted by atomic mass is 9.95. The first-order chi connectivity index (χ1) is 10.2. The molecule has 0 spiro atoms. The third kappa shape index (κ3) is 3.56. The third-order valence-corrected chi connectivity index (χ3v) is 3.91. The summed E-state index contributed by atoms with van der Waals surface area (Å²) in [6.45, 7) is -0.475. The van der Waals surface area contributed by atoms with Gasteiger partial charge in [-0.2, -0.15) is 13.2 Å². The number of hydrogen-bond donors (Lipinski definition) is 1. The molecule has 0 radical (unpaired) electrons. The Balaban J connectivity index is 2.18. The first-order valence-corrected chi connectivity index (χ1v) is 6.74. The van der Waals surface area contributed by atoms with Gasteiger partial charge in [0.2, 0.25) is 0 Å². The number of halogens is 5. The van der Waals surface area contributed by atoms with Crippen molar-refractivity contribution in [2.45, 2.75) is 24.2 Å². The second kappa shape index (κ2) is 6.47. The Kier molecular flexibility index (Phi) is 5.03. The molecule has 2 rings (SSSR count). The van der Waals surface area contributed by atoms with Crippen molar-refractivity contribution in [3.05, 3.63) is 35.4 Å². The van der Waals surface area contributed by atoms with E-state index in [1.165, 1.54) is 18.1 Å². The normalized spacial score (nSPS) is 24.7. The van der Waals surface area contributed by atoms with E-state index in [1.54, 1.807) is 0 Å². The fraction of sp³-hybridized carbons (Fsp3) is 0.571. The van der Waals surface area contributed by atoms with E-state index < -0.39 is 42.4 Å².